The normalized spacial score (nSPS) is 10.5. The zero-order chi connectivity index (χ0) is 12.3. The van der Waals surface area contributed by atoms with E-state index in [2.05, 4.69) is 17.1 Å². The lowest BCUT2D eigenvalue weighted by Gasteiger charge is -2.03. The molecule has 2 aromatic rings. The Balaban J connectivity index is 2.04. The summed E-state index contributed by atoms with van der Waals surface area (Å²) in [6, 6.07) is 8.16. The molecule has 0 bridgehead atoms. The Bertz CT molecular complexity index is 508. The van der Waals surface area contributed by atoms with E-state index in [-0.39, 0.29) is 0 Å². The summed E-state index contributed by atoms with van der Waals surface area (Å²) in [5.74, 6) is 0.906. The molecule has 0 saturated carbocycles. The number of rotatable bonds is 4. The van der Waals surface area contributed by atoms with E-state index in [0.717, 1.165) is 24.3 Å². The lowest BCUT2D eigenvalue weighted by atomic mass is 10.1. The van der Waals surface area contributed by atoms with Crippen LogP contribution in [-0.2, 0) is 12.8 Å². The quantitative estimate of drug-likeness (QED) is 0.905. The van der Waals surface area contributed by atoms with Crippen LogP contribution in [0.15, 0.2) is 24.3 Å². The number of nitrogen functional groups attached to an aromatic ring is 1. The molecule has 0 radical (unpaired) electrons. The molecule has 0 fully saturated rings. The maximum atomic E-state index is 5.68. The third kappa shape index (κ3) is 2.97. The number of benzene rings is 1. The van der Waals surface area contributed by atoms with Gasteiger partial charge >= 0.3 is 0 Å². The third-order valence-electron chi connectivity index (χ3n) is 2.68. The van der Waals surface area contributed by atoms with Crippen molar-refractivity contribution >= 4 is 16.5 Å². The number of aryl methyl sites for hydroxylation is 3. The molecule has 90 valence electrons. The minimum Gasteiger partial charge on any atom is -0.497 e. The van der Waals surface area contributed by atoms with Crippen molar-refractivity contribution in [1.29, 1.82) is 0 Å². The second-order valence-corrected chi connectivity index (χ2v) is 5.03. The van der Waals surface area contributed by atoms with E-state index in [4.69, 9.17) is 10.5 Å². The molecule has 0 atom stereocenters. The first-order chi connectivity index (χ1) is 8.19. The van der Waals surface area contributed by atoms with Crippen LogP contribution >= 0.6 is 11.3 Å². The Hall–Kier alpha value is -1.55. The highest BCUT2D eigenvalue weighted by atomic mass is 32.1. The van der Waals surface area contributed by atoms with Crippen LogP contribution in [0.25, 0.3) is 0 Å². The van der Waals surface area contributed by atoms with Crippen molar-refractivity contribution < 1.29 is 4.74 Å². The number of nitrogens with two attached hydrogens (primary N) is 1. The average Bonchev–Trinajstić information content (AvgIpc) is 2.65. The highest BCUT2D eigenvalue weighted by Gasteiger charge is 2.05. The number of anilines is 1. The molecule has 0 amide bonds. The molecule has 4 heteroatoms. The lowest BCUT2D eigenvalue weighted by molar-refractivity contribution is 0.414. The molecule has 0 aliphatic carbocycles. The molecular weight excluding hydrogens is 232 g/mol. The second-order valence-electron chi connectivity index (χ2n) is 3.91. The SMILES string of the molecule is COc1cccc(CCc2sc(N)nc2C)c1. The zero-order valence-electron chi connectivity index (χ0n) is 10.1. The molecule has 3 nitrogen and oxygen atoms in total. The summed E-state index contributed by atoms with van der Waals surface area (Å²) in [7, 11) is 1.69. The summed E-state index contributed by atoms with van der Waals surface area (Å²) in [5, 5.41) is 0.656. The molecule has 1 aromatic heterocycles. The summed E-state index contributed by atoms with van der Waals surface area (Å²) < 4.78 is 5.20. The van der Waals surface area contributed by atoms with Gasteiger partial charge in [0.15, 0.2) is 5.13 Å². The molecule has 2 N–H and O–H groups in total. The van der Waals surface area contributed by atoms with Crippen LogP contribution in [-0.4, -0.2) is 12.1 Å². The van der Waals surface area contributed by atoms with Crippen molar-refractivity contribution in [2.75, 3.05) is 12.8 Å². The van der Waals surface area contributed by atoms with E-state index < -0.39 is 0 Å². The highest BCUT2D eigenvalue weighted by Crippen LogP contribution is 2.22. The van der Waals surface area contributed by atoms with Gasteiger partial charge in [-0.15, -0.1) is 11.3 Å². The van der Waals surface area contributed by atoms with Gasteiger partial charge in [-0.05, 0) is 37.5 Å². The summed E-state index contributed by atoms with van der Waals surface area (Å²) in [5.41, 5.74) is 8.01. The van der Waals surface area contributed by atoms with Crippen molar-refractivity contribution in [3.8, 4) is 5.75 Å². The summed E-state index contributed by atoms with van der Waals surface area (Å²) >= 11 is 1.58. The number of thiazole rings is 1. The molecule has 17 heavy (non-hydrogen) atoms. The van der Waals surface area contributed by atoms with Crippen LogP contribution in [0.1, 0.15) is 16.1 Å². The van der Waals surface area contributed by atoms with E-state index >= 15 is 0 Å². The van der Waals surface area contributed by atoms with Gasteiger partial charge in [-0.25, -0.2) is 4.98 Å². The van der Waals surface area contributed by atoms with Gasteiger partial charge < -0.3 is 10.5 Å². The fourth-order valence-corrected chi connectivity index (χ4v) is 2.60. The van der Waals surface area contributed by atoms with Crippen LogP contribution in [0.5, 0.6) is 5.75 Å². The van der Waals surface area contributed by atoms with Crippen LogP contribution < -0.4 is 10.5 Å². The topological polar surface area (TPSA) is 48.1 Å². The van der Waals surface area contributed by atoms with Gasteiger partial charge in [0.25, 0.3) is 0 Å². The molecule has 1 aromatic carbocycles. The van der Waals surface area contributed by atoms with Crippen molar-refractivity contribution in [3.05, 3.63) is 40.4 Å². The predicted molar refractivity (Wildman–Crippen MR) is 71.7 cm³/mol. The Kier molecular flexibility index (Phi) is 3.64. The van der Waals surface area contributed by atoms with E-state index in [1.54, 1.807) is 18.4 Å². The van der Waals surface area contributed by atoms with Gasteiger partial charge in [-0.2, -0.15) is 0 Å². The van der Waals surface area contributed by atoms with Gasteiger partial charge in [0.1, 0.15) is 5.75 Å². The number of nitrogens with zero attached hydrogens (tertiary/aromatic N) is 1. The standard InChI is InChI=1S/C13H16N2OS/c1-9-12(17-13(14)15-9)7-6-10-4-3-5-11(8-10)16-2/h3-5,8H,6-7H2,1-2H3,(H2,14,15). The minimum atomic E-state index is 0.656. The zero-order valence-corrected chi connectivity index (χ0v) is 10.9. The molecule has 0 aliphatic rings. The minimum absolute atomic E-state index is 0.656. The van der Waals surface area contributed by atoms with Gasteiger partial charge in [0.2, 0.25) is 0 Å². The summed E-state index contributed by atoms with van der Waals surface area (Å²) in [6.07, 6.45) is 1.97. The smallest absolute Gasteiger partial charge is 0.180 e. The van der Waals surface area contributed by atoms with Crippen molar-refractivity contribution in [2.24, 2.45) is 0 Å². The fraction of sp³-hybridized carbons (Fsp3) is 0.308. The number of methoxy groups -OCH3 is 1. The Morgan fingerprint density at radius 3 is 2.82 bits per heavy atom. The van der Waals surface area contributed by atoms with Gasteiger partial charge in [-0.1, -0.05) is 12.1 Å². The molecule has 1 heterocycles. The maximum absolute atomic E-state index is 5.68. The van der Waals surface area contributed by atoms with Gasteiger partial charge in [0, 0.05) is 4.88 Å². The monoisotopic (exact) mass is 248 g/mol. The first-order valence-electron chi connectivity index (χ1n) is 5.53. The molecule has 0 aliphatic heterocycles. The first kappa shape index (κ1) is 11.9. The number of hydrogen-bond acceptors (Lipinski definition) is 4. The highest BCUT2D eigenvalue weighted by molar-refractivity contribution is 7.15. The maximum Gasteiger partial charge on any atom is 0.180 e. The molecule has 2 rings (SSSR count). The first-order valence-corrected chi connectivity index (χ1v) is 6.35. The Morgan fingerprint density at radius 1 is 1.35 bits per heavy atom. The molecule has 0 unspecified atom stereocenters. The molecule has 0 spiro atoms. The number of aromatic nitrogens is 1. The number of ether oxygens (including phenoxy) is 1. The van der Waals surface area contributed by atoms with E-state index in [1.807, 2.05) is 19.1 Å². The van der Waals surface area contributed by atoms with Crippen LogP contribution in [0.4, 0.5) is 5.13 Å². The van der Waals surface area contributed by atoms with E-state index in [1.165, 1.54) is 10.4 Å². The summed E-state index contributed by atoms with van der Waals surface area (Å²) in [6.45, 7) is 2.01. The largest absolute Gasteiger partial charge is 0.497 e. The van der Waals surface area contributed by atoms with Crippen LogP contribution in [0, 0.1) is 6.92 Å². The van der Waals surface area contributed by atoms with Gasteiger partial charge in [-0.3, -0.25) is 0 Å². The third-order valence-corrected chi connectivity index (χ3v) is 3.73. The van der Waals surface area contributed by atoms with E-state index in [0.29, 0.717) is 5.13 Å². The van der Waals surface area contributed by atoms with Gasteiger partial charge in [0.05, 0.1) is 12.8 Å². The summed E-state index contributed by atoms with van der Waals surface area (Å²) in [4.78, 5) is 5.50. The van der Waals surface area contributed by atoms with Crippen LogP contribution in [0.3, 0.4) is 0 Å². The van der Waals surface area contributed by atoms with Crippen molar-refractivity contribution in [1.82, 2.24) is 4.98 Å². The molecule has 0 saturated heterocycles. The fourth-order valence-electron chi connectivity index (χ4n) is 1.77. The van der Waals surface area contributed by atoms with Crippen molar-refractivity contribution in [2.45, 2.75) is 19.8 Å². The second kappa shape index (κ2) is 5.19. The number of hydrogen-bond donors (Lipinski definition) is 1. The van der Waals surface area contributed by atoms with Crippen LogP contribution in [0.2, 0.25) is 0 Å². The molecular formula is C13H16N2OS. The predicted octanol–water partition coefficient (Wildman–Crippen LogP) is 2.83. The Morgan fingerprint density at radius 2 is 2.18 bits per heavy atom. The van der Waals surface area contributed by atoms with Crippen molar-refractivity contribution in [3.63, 3.8) is 0 Å². The van der Waals surface area contributed by atoms with E-state index in [9.17, 15) is 0 Å². The lowest BCUT2D eigenvalue weighted by Crippen LogP contribution is -1.92. The Labute approximate surface area is 105 Å². The average molecular weight is 248 g/mol.